The highest BCUT2D eigenvalue weighted by molar-refractivity contribution is 7.07. The van der Waals surface area contributed by atoms with Gasteiger partial charge in [-0.1, -0.05) is 11.6 Å². The Morgan fingerprint density at radius 2 is 2.33 bits per heavy atom. The van der Waals surface area contributed by atoms with Crippen molar-refractivity contribution in [2.45, 2.75) is 6.54 Å². The minimum Gasteiger partial charge on any atom is -0.507 e. The standard InChI is InChI=1S/C12H11ClN2O2S/c1-15(5-9-6-18-7-14-9)12(17)10-4-8(13)2-3-11(10)16/h2-4,6-7,16H,5H2,1H3. The number of amides is 1. The molecule has 0 aliphatic rings. The van der Waals surface area contributed by atoms with Gasteiger partial charge in [-0.25, -0.2) is 4.98 Å². The van der Waals surface area contributed by atoms with Crippen LogP contribution in [-0.2, 0) is 6.54 Å². The van der Waals surface area contributed by atoms with E-state index >= 15 is 0 Å². The first kappa shape index (κ1) is 12.9. The Balaban J connectivity index is 2.17. The molecule has 0 spiro atoms. The van der Waals surface area contributed by atoms with Crippen molar-refractivity contribution in [3.8, 4) is 5.75 Å². The van der Waals surface area contributed by atoms with Crippen LogP contribution in [0.2, 0.25) is 5.02 Å². The number of nitrogens with zero attached hydrogens (tertiary/aromatic N) is 2. The minimum absolute atomic E-state index is 0.0745. The van der Waals surface area contributed by atoms with Gasteiger partial charge in [-0.15, -0.1) is 11.3 Å². The monoisotopic (exact) mass is 282 g/mol. The summed E-state index contributed by atoms with van der Waals surface area (Å²) < 4.78 is 0. The molecule has 1 aromatic heterocycles. The first-order chi connectivity index (χ1) is 8.58. The summed E-state index contributed by atoms with van der Waals surface area (Å²) in [5, 5.41) is 12.0. The van der Waals surface area contributed by atoms with Crippen LogP contribution in [0.4, 0.5) is 0 Å². The highest BCUT2D eigenvalue weighted by Gasteiger charge is 2.16. The van der Waals surface area contributed by atoms with Crippen molar-refractivity contribution >= 4 is 28.8 Å². The number of halogens is 1. The van der Waals surface area contributed by atoms with Crippen LogP contribution in [0.3, 0.4) is 0 Å². The number of carbonyl (C=O) groups excluding carboxylic acids is 1. The molecular formula is C12H11ClN2O2S. The van der Waals surface area contributed by atoms with E-state index in [9.17, 15) is 9.90 Å². The smallest absolute Gasteiger partial charge is 0.257 e. The summed E-state index contributed by atoms with van der Waals surface area (Å²) in [4.78, 5) is 17.7. The number of hydrogen-bond donors (Lipinski definition) is 1. The maximum absolute atomic E-state index is 12.1. The Morgan fingerprint density at radius 3 is 3.00 bits per heavy atom. The van der Waals surface area contributed by atoms with Gasteiger partial charge in [0.15, 0.2) is 0 Å². The molecule has 1 amide bonds. The van der Waals surface area contributed by atoms with Crippen LogP contribution in [0, 0.1) is 0 Å². The van der Waals surface area contributed by atoms with E-state index in [0.29, 0.717) is 11.6 Å². The zero-order chi connectivity index (χ0) is 13.1. The quantitative estimate of drug-likeness (QED) is 0.942. The lowest BCUT2D eigenvalue weighted by molar-refractivity contribution is 0.0780. The van der Waals surface area contributed by atoms with Gasteiger partial charge in [0.1, 0.15) is 5.75 Å². The van der Waals surface area contributed by atoms with Gasteiger partial charge in [0.2, 0.25) is 0 Å². The fourth-order valence-corrected chi connectivity index (χ4v) is 2.24. The summed E-state index contributed by atoms with van der Waals surface area (Å²) in [5.41, 5.74) is 2.72. The maximum Gasteiger partial charge on any atom is 0.257 e. The van der Waals surface area contributed by atoms with Crippen LogP contribution in [0.25, 0.3) is 0 Å². The molecule has 1 N–H and O–H groups in total. The molecule has 0 bridgehead atoms. The number of aromatic nitrogens is 1. The van der Waals surface area contributed by atoms with Gasteiger partial charge in [0.25, 0.3) is 5.91 Å². The van der Waals surface area contributed by atoms with Crippen molar-refractivity contribution in [2.24, 2.45) is 0 Å². The second kappa shape index (κ2) is 5.37. The third-order valence-electron chi connectivity index (χ3n) is 2.42. The van der Waals surface area contributed by atoms with Crippen LogP contribution < -0.4 is 0 Å². The molecule has 0 fully saturated rings. The van der Waals surface area contributed by atoms with E-state index in [2.05, 4.69) is 4.98 Å². The van der Waals surface area contributed by atoms with E-state index in [1.807, 2.05) is 5.38 Å². The Hall–Kier alpha value is -1.59. The van der Waals surface area contributed by atoms with Crippen LogP contribution in [-0.4, -0.2) is 27.9 Å². The van der Waals surface area contributed by atoms with E-state index in [4.69, 9.17) is 11.6 Å². The zero-order valence-electron chi connectivity index (χ0n) is 9.63. The normalized spacial score (nSPS) is 10.3. The second-order valence-electron chi connectivity index (χ2n) is 3.80. The summed E-state index contributed by atoms with van der Waals surface area (Å²) in [5.74, 6) is -0.363. The highest BCUT2D eigenvalue weighted by atomic mass is 35.5. The number of rotatable bonds is 3. The predicted octanol–water partition coefficient (Wildman–Crippen LogP) is 2.77. The van der Waals surface area contributed by atoms with E-state index in [1.54, 1.807) is 12.6 Å². The lowest BCUT2D eigenvalue weighted by Gasteiger charge is -2.16. The van der Waals surface area contributed by atoms with E-state index in [0.717, 1.165) is 5.69 Å². The molecule has 18 heavy (non-hydrogen) atoms. The number of phenols is 1. The molecule has 0 atom stereocenters. The van der Waals surface area contributed by atoms with E-state index in [-0.39, 0.29) is 17.2 Å². The van der Waals surface area contributed by atoms with Crippen molar-refractivity contribution in [1.82, 2.24) is 9.88 Å². The molecule has 1 heterocycles. The fraction of sp³-hybridized carbons (Fsp3) is 0.167. The number of thiazole rings is 1. The van der Waals surface area contributed by atoms with Gasteiger partial charge in [-0.3, -0.25) is 4.79 Å². The van der Waals surface area contributed by atoms with Gasteiger partial charge in [-0.05, 0) is 18.2 Å². The van der Waals surface area contributed by atoms with Crippen molar-refractivity contribution in [3.05, 3.63) is 45.4 Å². The molecule has 2 aromatic rings. The molecule has 0 saturated carbocycles. The largest absolute Gasteiger partial charge is 0.507 e. The SMILES string of the molecule is CN(Cc1cscn1)C(=O)c1cc(Cl)ccc1O. The van der Waals surface area contributed by atoms with Crippen LogP contribution in [0.15, 0.2) is 29.1 Å². The molecule has 94 valence electrons. The first-order valence-electron chi connectivity index (χ1n) is 5.19. The first-order valence-corrected chi connectivity index (χ1v) is 6.51. The number of phenolic OH excluding ortho intramolecular Hbond substituents is 1. The second-order valence-corrected chi connectivity index (χ2v) is 4.96. The number of carbonyl (C=O) groups is 1. The van der Waals surface area contributed by atoms with Crippen molar-refractivity contribution in [1.29, 1.82) is 0 Å². The molecule has 0 unspecified atom stereocenters. The predicted molar refractivity (Wildman–Crippen MR) is 71.0 cm³/mol. The minimum atomic E-state index is -0.289. The number of benzene rings is 1. The number of aromatic hydroxyl groups is 1. The summed E-state index contributed by atoms with van der Waals surface area (Å²) in [7, 11) is 1.65. The van der Waals surface area contributed by atoms with Crippen molar-refractivity contribution in [2.75, 3.05) is 7.05 Å². The van der Waals surface area contributed by atoms with Gasteiger partial charge in [-0.2, -0.15) is 0 Å². The Labute approximate surface area is 113 Å². The molecule has 0 radical (unpaired) electrons. The number of hydrogen-bond acceptors (Lipinski definition) is 4. The average molecular weight is 283 g/mol. The molecular weight excluding hydrogens is 272 g/mol. The van der Waals surface area contributed by atoms with Crippen LogP contribution in [0.5, 0.6) is 5.75 Å². The molecule has 1 aromatic carbocycles. The van der Waals surface area contributed by atoms with E-state index < -0.39 is 0 Å². The lowest BCUT2D eigenvalue weighted by Crippen LogP contribution is -2.26. The van der Waals surface area contributed by atoms with Crippen LogP contribution >= 0.6 is 22.9 Å². The summed E-state index contributed by atoms with van der Waals surface area (Å²) in [6.45, 7) is 0.397. The average Bonchev–Trinajstić information content (AvgIpc) is 2.84. The van der Waals surface area contributed by atoms with Gasteiger partial charge >= 0.3 is 0 Å². The third kappa shape index (κ3) is 2.80. The third-order valence-corrected chi connectivity index (χ3v) is 3.29. The molecule has 0 aliphatic carbocycles. The van der Waals surface area contributed by atoms with Gasteiger partial charge in [0, 0.05) is 17.5 Å². The Morgan fingerprint density at radius 1 is 1.56 bits per heavy atom. The van der Waals surface area contributed by atoms with Crippen molar-refractivity contribution in [3.63, 3.8) is 0 Å². The molecule has 0 saturated heterocycles. The summed E-state index contributed by atoms with van der Waals surface area (Å²) in [6, 6.07) is 4.40. The highest BCUT2D eigenvalue weighted by Crippen LogP contribution is 2.23. The van der Waals surface area contributed by atoms with Crippen LogP contribution in [0.1, 0.15) is 16.1 Å². The summed E-state index contributed by atoms with van der Waals surface area (Å²) in [6.07, 6.45) is 0. The molecule has 6 heteroatoms. The topological polar surface area (TPSA) is 53.4 Å². The fourth-order valence-electron chi connectivity index (χ4n) is 1.52. The lowest BCUT2D eigenvalue weighted by atomic mass is 10.1. The zero-order valence-corrected chi connectivity index (χ0v) is 11.2. The maximum atomic E-state index is 12.1. The molecule has 2 rings (SSSR count). The summed E-state index contributed by atoms with van der Waals surface area (Å²) >= 11 is 7.29. The Kier molecular flexibility index (Phi) is 3.84. The van der Waals surface area contributed by atoms with E-state index in [1.165, 1.54) is 34.4 Å². The van der Waals surface area contributed by atoms with Crippen molar-refractivity contribution < 1.29 is 9.90 Å². The van der Waals surface area contributed by atoms with Gasteiger partial charge in [0.05, 0.1) is 23.3 Å². The Bertz CT molecular complexity index is 557. The van der Waals surface area contributed by atoms with Gasteiger partial charge < -0.3 is 10.0 Å². The molecule has 4 nitrogen and oxygen atoms in total. The molecule has 0 aliphatic heterocycles.